The number of nitrogens with two attached hydrogens (primary N) is 1. The van der Waals surface area contributed by atoms with E-state index in [1.807, 2.05) is 19.3 Å². The van der Waals surface area contributed by atoms with E-state index in [9.17, 15) is 8.42 Å². The Morgan fingerprint density at radius 1 is 1.33 bits per heavy atom. The van der Waals surface area contributed by atoms with Gasteiger partial charge in [-0.15, -0.1) is 0 Å². The van der Waals surface area contributed by atoms with Crippen LogP contribution in [0.1, 0.15) is 31.9 Å². The molecule has 1 rings (SSSR count). The Bertz CT molecular complexity index is 717. The zero-order chi connectivity index (χ0) is 20.1. The van der Waals surface area contributed by atoms with Gasteiger partial charge >= 0.3 is 0 Å². The number of unbranched alkanes of at least 4 members (excludes halogenated alkanes) is 1. The topological polar surface area (TPSA) is 100 Å². The number of rotatable bonds is 13. The molecule has 152 valence electrons. The van der Waals surface area contributed by atoms with Crippen molar-refractivity contribution in [1.29, 1.82) is 0 Å². The molecule has 0 aliphatic carbocycles. The van der Waals surface area contributed by atoms with E-state index in [-0.39, 0.29) is 0 Å². The van der Waals surface area contributed by atoms with Crippen LogP contribution in [-0.4, -0.2) is 51.2 Å². The van der Waals surface area contributed by atoms with Crippen molar-refractivity contribution in [3.8, 4) is 0 Å². The lowest BCUT2D eigenvalue weighted by Gasteiger charge is -2.23. The van der Waals surface area contributed by atoms with Gasteiger partial charge in [-0.3, -0.25) is 14.6 Å². The van der Waals surface area contributed by atoms with Crippen molar-refractivity contribution in [1.82, 2.24) is 15.2 Å². The van der Waals surface area contributed by atoms with Crippen LogP contribution in [0.2, 0.25) is 0 Å². The Hall–Kier alpha value is -1.90. The summed E-state index contributed by atoms with van der Waals surface area (Å²) < 4.78 is 25.8. The van der Waals surface area contributed by atoms with Crippen LogP contribution in [0.3, 0.4) is 0 Å². The van der Waals surface area contributed by atoms with Gasteiger partial charge in [0.1, 0.15) is 0 Å². The van der Waals surface area contributed by atoms with Crippen molar-refractivity contribution < 1.29 is 8.42 Å². The molecule has 27 heavy (non-hydrogen) atoms. The quantitative estimate of drug-likeness (QED) is 0.349. The second kappa shape index (κ2) is 12.5. The van der Waals surface area contributed by atoms with Crippen LogP contribution in [0.15, 0.2) is 42.3 Å². The van der Waals surface area contributed by atoms with Crippen molar-refractivity contribution in [2.24, 2.45) is 5.73 Å². The molecule has 1 aromatic heterocycles. The van der Waals surface area contributed by atoms with Crippen LogP contribution in [0, 0.1) is 0 Å². The molecule has 0 bridgehead atoms. The summed E-state index contributed by atoms with van der Waals surface area (Å²) in [6.07, 6.45) is 11.7. The Morgan fingerprint density at radius 2 is 2.11 bits per heavy atom. The highest BCUT2D eigenvalue weighted by atomic mass is 32.2. The van der Waals surface area contributed by atoms with Gasteiger partial charge < -0.3 is 11.1 Å². The van der Waals surface area contributed by atoms with Gasteiger partial charge in [0, 0.05) is 26.3 Å². The summed E-state index contributed by atoms with van der Waals surface area (Å²) >= 11 is 0. The summed E-state index contributed by atoms with van der Waals surface area (Å²) in [4.78, 5) is 6.69. The molecular weight excluding hydrogens is 362 g/mol. The minimum atomic E-state index is -3.34. The van der Waals surface area contributed by atoms with Crippen molar-refractivity contribution in [2.45, 2.75) is 32.7 Å². The molecule has 8 heteroatoms. The zero-order valence-corrected chi connectivity index (χ0v) is 17.4. The standard InChI is InChI=1S/C19H33N5O2S/c1-17(8-6-12-21-2)10-15-24(14-5-4-11-20)16-19-18(9-7-13-22-19)23-27(3,25)26/h6-9,12-13,21,23H,4-5,10-11,14-16,20H2,1-3H3/b12-6-,17-8-. The summed E-state index contributed by atoms with van der Waals surface area (Å²) in [7, 11) is -1.47. The molecule has 0 saturated heterocycles. The molecule has 0 aliphatic rings. The van der Waals surface area contributed by atoms with Gasteiger partial charge in [0.2, 0.25) is 10.0 Å². The Morgan fingerprint density at radius 3 is 2.78 bits per heavy atom. The molecule has 0 amide bonds. The molecule has 0 radical (unpaired) electrons. The van der Waals surface area contributed by atoms with Crippen molar-refractivity contribution >= 4 is 15.7 Å². The lowest BCUT2D eigenvalue weighted by Crippen LogP contribution is -2.27. The van der Waals surface area contributed by atoms with E-state index < -0.39 is 10.0 Å². The van der Waals surface area contributed by atoms with Gasteiger partial charge in [0.15, 0.2) is 0 Å². The minimum Gasteiger partial charge on any atom is -0.394 e. The Kier molecular flexibility index (Phi) is 10.7. The maximum absolute atomic E-state index is 11.6. The number of aromatic nitrogens is 1. The number of sulfonamides is 1. The predicted molar refractivity (Wildman–Crippen MR) is 113 cm³/mol. The maximum Gasteiger partial charge on any atom is 0.229 e. The van der Waals surface area contributed by atoms with Crippen LogP contribution in [0.4, 0.5) is 5.69 Å². The van der Waals surface area contributed by atoms with Crippen molar-refractivity contribution in [3.05, 3.63) is 47.9 Å². The lowest BCUT2D eigenvalue weighted by atomic mass is 10.1. The Labute approximate surface area is 163 Å². The van der Waals surface area contributed by atoms with Gasteiger partial charge in [0.05, 0.1) is 17.6 Å². The molecule has 0 aliphatic heterocycles. The SMILES string of the molecule is CN/C=C\C=C(\C)CCN(CCCCN)Cc1ncccc1NS(C)(=O)=O. The monoisotopic (exact) mass is 395 g/mol. The molecule has 0 unspecified atom stereocenters. The minimum absolute atomic E-state index is 0.535. The largest absolute Gasteiger partial charge is 0.394 e. The zero-order valence-electron chi connectivity index (χ0n) is 16.6. The first-order valence-electron chi connectivity index (χ1n) is 9.19. The Balaban J connectivity index is 2.82. The third kappa shape index (κ3) is 10.7. The summed E-state index contributed by atoms with van der Waals surface area (Å²) in [6, 6.07) is 3.48. The van der Waals surface area contributed by atoms with E-state index in [0.29, 0.717) is 18.8 Å². The van der Waals surface area contributed by atoms with Gasteiger partial charge in [-0.2, -0.15) is 0 Å². The number of anilines is 1. The van der Waals surface area contributed by atoms with E-state index in [0.717, 1.165) is 44.3 Å². The van der Waals surface area contributed by atoms with Crippen LogP contribution < -0.4 is 15.8 Å². The van der Waals surface area contributed by atoms with Crippen LogP contribution in [0.25, 0.3) is 0 Å². The van der Waals surface area contributed by atoms with E-state index in [4.69, 9.17) is 5.73 Å². The first kappa shape index (κ1) is 23.1. The van der Waals surface area contributed by atoms with Gasteiger partial charge in [0.25, 0.3) is 0 Å². The molecule has 4 N–H and O–H groups in total. The van der Waals surface area contributed by atoms with E-state index in [1.54, 1.807) is 18.3 Å². The number of hydrogen-bond acceptors (Lipinski definition) is 6. The van der Waals surface area contributed by atoms with Gasteiger partial charge in [-0.25, -0.2) is 8.42 Å². The van der Waals surface area contributed by atoms with E-state index >= 15 is 0 Å². The average molecular weight is 396 g/mol. The molecule has 1 heterocycles. The van der Waals surface area contributed by atoms with Crippen LogP contribution >= 0.6 is 0 Å². The second-order valence-electron chi connectivity index (χ2n) is 6.55. The highest BCUT2D eigenvalue weighted by molar-refractivity contribution is 7.92. The molecular formula is C19H33N5O2S. The van der Waals surface area contributed by atoms with Crippen molar-refractivity contribution in [3.63, 3.8) is 0 Å². The number of nitrogens with one attached hydrogen (secondary N) is 2. The predicted octanol–water partition coefficient (Wildman–Crippen LogP) is 2.06. The van der Waals surface area contributed by atoms with Crippen LogP contribution in [-0.2, 0) is 16.6 Å². The molecule has 0 saturated carbocycles. The third-order valence-corrected chi connectivity index (χ3v) is 4.54. The highest BCUT2D eigenvalue weighted by Gasteiger charge is 2.13. The van der Waals surface area contributed by atoms with Gasteiger partial charge in [-0.05, 0) is 63.7 Å². The van der Waals surface area contributed by atoms with Crippen LogP contribution in [0.5, 0.6) is 0 Å². The third-order valence-electron chi connectivity index (χ3n) is 3.95. The first-order chi connectivity index (χ1) is 12.9. The molecule has 7 nitrogen and oxygen atoms in total. The molecule has 1 aromatic rings. The number of hydrogen-bond donors (Lipinski definition) is 3. The van der Waals surface area contributed by atoms with E-state index in [1.165, 1.54) is 5.57 Å². The number of nitrogens with zero attached hydrogens (tertiary/aromatic N) is 2. The summed E-state index contributed by atoms with van der Waals surface area (Å²) in [5, 5.41) is 2.97. The molecule has 0 spiro atoms. The van der Waals surface area contributed by atoms with Crippen molar-refractivity contribution in [2.75, 3.05) is 37.7 Å². The smallest absolute Gasteiger partial charge is 0.229 e. The molecule has 0 aromatic carbocycles. The normalized spacial score (nSPS) is 12.7. The second-order valence-corrected chi connectivity index (χ2v) is 8.30. The van der Waals surface area contributed by atoms with Gasteiger partial charge in [-0.1, -0.05) is 11.6 Å². The molecule has 0 fully saturated rings. The average Bonchev–Trinajstić information content (AvgIpc) is 2.60. The lowest BCUT2D eigenvalue weighted by molar-refractivity contribution is 0.261. The summed E-state index contributed by atoms with van der Waals surface area (Å²) in [5.74, 6) is 0. The summed E-state index contributed by atoms with van der Waals surface area (Å²) in [5.41, 5.74) is 8.16. The maximum atomic E-state index is 11.6. The fraction of sp³-hybridized carbons (Fsp3) is 0.526. The number of pyridine rings is 1. The fourth-order valence-electron chi connectivity index (χ4n) is 2.54. The fourth-order valence-corrected chi connectivity index (χ4v) is 3.13. The highest BCUT2D eigenvalue weighted by Crippen LogP contribution is 2.17. The number of allylic oxidation sites excluding steroid dienone is 2. The first-order valence-corrected chi connectivity index (χ1v) is 11.1. The molecule has 0 atom stereocenters. The summed E-state index contributed by atoms with van der Waals surface area (Å²) in [6.45, 7) is 5.13. The van der Waals surface area contributed by atoms with E-state index in [2.05, 4.69) is 32.9 Å².